The maximum absolute atomic E-state index is 12.3. The molecule has 8 heteroatoms. The molecule has 25 heavy (non-hydrogen) atoms. The first-order valence-corrected chi connectivity index (χ1v) is 10.3. The predicted molar refractivity (Wildman–Crippen MR) is 96.2 cm³/mol. The van der Waals surface area contributed by atoms with Crippen molar-refractivity contribution >= 4 is 21.6 Å². The minimum Gasteiger partial charge on any atom is -0.494 e. The van der Waals surface area contributed by atoms with Gasteiger partial charge in [0, 0.05) is 0 Å². The molecule has 0 saturated heterocycles. The number of anilines is 1. The van der Waals surface area contributed by atoms with Crippen LogP contribution in [0.2, 0.25) is 0 Å². The smallest absolute Gasteiger partial charge is 0.241 e. The summed E-state index contributed by atoms with van der Waals surface area (Å²) in [4.78, 5) is 12.3. The van der Waals surface area contributed by atoms with Crippen LogP contribution in [0.3, 0.4) is 0 Å². The fraction of sp³-hybridized carbons (Fsp3) is 0.588. The van der Waals surface area contributed by atoms with Gasteiger partial charge in [0.05, 0.1) is 30.7 Å². The molecule has 140 valence electrons. The predicted octanol–water partition coefficient (Wildman–Crippen LogP) is 1.27. The van der Waals surface area contributed by atoms with Crippen LogP contribution in [0.25, 0.3) is 0 Å². The van der Waals surface area contributed by atoms with Crippen molar-refractivity contribution in [3.63, 3.8) is 0 Å². The topological polar surface area (TPSA) is 95.9 Å². The van der Waals surface area contributed by atoms with Crippen LogP contribution < -0.4 is 14.4 Å². The van der Waals surface area contributed by atoms with Crippen LogP contribution >= 0.6 is 0 Å². The van der Waals surface area contributed by atoms with Crippen LogP contribution in [0.4, 0.5) is 5.69 Å². The van der Waals surface area contributed by atoms with E-state index in [2.05, 4.69) is 5.32 Å². The molecule has 2 unspecified atom stereocenters. The van der Waals surface area contributed by atoms with Gasteiger partial charge in [-0.3, -0.25) is 9.10 Å². The van der Waals surface area contributed by atoms with Crippen molar-refractivity contribution < 1.29 is 23.1 Å². The molecule has 7 nitrogen and oxygen atoms in total. The van der Waals surface area contributed by atoms with Crippen LogP contribution in [-0.2, 0) is 14.8 Å². The summed E-state index contributed by atoms with van der Waals surface area (Å²) in [5, 5.41) is 12.7. The van der Waals surface area contributed by atoms with E-state index in [0.29, 0.717) is 30.9 Å². The number of ether oxygens (including phenoxy) is 1. The second-order valence-corrected chi connectivity index (χ2v) is 8.13. The Hall–Kier alpha value is -1.80. The lowest BCUT2D eigenvalue weighted by atomic mass is 9.92. The van der Waals surface area contributed by atoms with Crippen LogP contribution in [0.1, 0.15) is 32.6 Å². The molecule has 0 aliphatic heterocycles. The van der Waals surface area contributed by atoms with E-state index in [4.69, 9.17) is 4.74 Å². The standard InChI is InChI=1S/C17H26N2O5S/c1-3-24-14-10-8-13(9-11-14)19(25(2,22)23)12-17(21)18-15-6-4-5-7-16(15)20/h8-11,15-16,20H,3-7,12H2,1-2H3,(H,18,21). The van der Waals surface area contributed by atoms with Crippen molar-refractivity contribution in [3.8, 4) is 5.75 Å². The highest BCUT2D eigenvalue weighted by Gasteiger charge is 2.27. The summed E-state index contributed by atoms with van der Waals surface area (Å²) in [5.74, 6) is 0.208. The highest BCUT2D eigenvalue weighted by atomic mass is 32.2. The van der Waals surface area contributed by atoms with E-state index in [-0.39, 0.29) is 12.6 Å². The van der Waals surface area contributed by atoms with Crippen LogP contribution in [0.5, 0.6) is 5.75 Å². The van der Waals surface area contributed by atoms with Crippen molar-refractivity contribution in [2.75, 3.05) is 23.7 Å². The number of carbonyl (C=O) groups excluding carboxylic acids is 1. The molecular formula is C17H26N2O5S. The van der Waals surface area contributed by atoms with E-state index >= 15 is 0 Å². The Morgan fingerprint density at radius 2 is 1.92 bits per heavy atom. The second kappa shape index (κ2) is 8.53. The molecular weight excluding hydrogens is 344 g/mol. The molecule has 1 amide bonds. The summed E-state index contributed by atoms with van der Waals surface area (Å²) in [6.07, 6.45) is 3.72. The average Bonchev–Trinajstić information content (AvgIpc) is 2.55. The molecule has 0 spiro atoms. The van der Waals surface area contributed by atoms with Gasteiger partial charge >= 0.3 is 0 Å². The zero-order valence-electron chi connectivity index (χ0n) is 14.6. The molecule has 1 aromatic carbocycles. The second-order valence-electron chi connectivity index (χ2n) is 6.22. The maximum Gasteiger partial charge on any atom is 0.241 e. The van der Waals surface area contributed by atoms with Gasteiger partial charge < -0.3 is 15.2 Å². The van der Waals surface area contributed by atoms with Crippen molar-refractivity contribution in [3.05, 3.63) is 24.3 Å². The van der Waals surface area contributed by atoms with E-state index in [1.165, 1.54) is 0 Å². The molecule has 0 heterocycles. The normalized spacial score (nSPS) is 20.8. The minimum atomic E-state index is -3.62. The van der Waals surface area contributed by atoms with Gasteiger partial charge in [-0.05, 0) is 44.0 Å². The number of rotatable bonds is 7. The number of carbonyl (C=O) groups is 1. The number of sulfonamides is 1. The number of hydrogen-bond acceptors (Lipinski definition) is 5. The summed E-state index contributed by atoms with van der Waals surface area (Å²) in [6.45, 7) is 2.05. The molecule has 0 radical (unpaired) electrons. The Morgan fingerprint density at radius 3 is 2.48 bits per heavy atom. The highest BCUT2D eigenvalue weighted by Crippen LogP contribution is 2.22. The molecule has 1 aliphatic carbocycles. The Bertz CT molecular complexity index is 675. The molecule has 2 atom stereocenters. The molecule has 0 bridgehead atoms. The van der Waals surface area contributed by atoms with Gasteiger partial charge in [0.25, 0.3) is 0 Å². The van der Waals surface area contributed by atoms with Gasteiger partial charge in [-0.25, -0.2) is 8.42 Å². The molecule has 1 fully saturated rings. The summed E-state index contributed by atoms with van der Waals surface area (Å²) < 4.78 is 30.6. The first-order valence-electron chi connectivity index (χ1n) is 8.49. The van der Waals surface area contributed by atoms with E-state index < -0.39 is 22.0 Å². The van der Waals surface area contributed by atoms with Gasteiger partial charge in [-0.15, -0.1) is 0 Å². The number of hydrogen-bond donors (Lipinski definition) is 2. The van der Waals surface area contributed by atoms with Crippen molar-refractivity contribution in [1.29, 1.82) is 0 Å². The number of aliphatic hydroxyl groups excluding tert-OH is 1. The summed E-state index contributed by atoms with van der Waals surface area (Å²) >= 11 is 0. The van der Waals surface area contributed by atoms with Gasteiger partial charge in [-0.2, -0.15) is 0 Å². The number of benzene rings is 1. The quantitative estimate of drug-likeness (QED) is 0.754. The fourth-order valence-electron chi connectivity index (χ4n) is 2.94. The highest BCUT2D eigenvalue weighted by molar-refractivity contribution is 7.92. The summed E-state index contributed by atoms with van der Waals surface area (Å²) in [6, 6.07) is 6.23. The Balaban J connectivity index is 2.08. The van der Waals surface area contributed by atoms with Gasteiger partial charge in [0.1, 0.15) is 12.3 Å². The van der Waals surface area contributed by atoms with E-state index in [1.807, 2.05) is 6.92 Å². The first-order chi connectivity index (χ1) is 11.8. The minimum absolute atomic E-state index is 0.317. The molecule has 1 saturated carbocycles. The third-order valence-electron chi connectivity index (χ3n) is 4.20. The Morgan fingerprint density at radius 1 is 1.28 bits per heavy atom. The maximum atomic E-state index is 12.3. The number of amides is 1. The van der Waals surface area contributed by atoms with E-state index in [9.17, 15) is 18.3 Å². The molecule has 1 aliphatic rings. The number of nitrogens with one attached hydrogen (secondary N) is 1. The lowest BCUT2D eigenvalue weighted by Crippen LogP contribution is -2.49. The number of aliphatic hydroxyl groups is 1. The van der Waals surface area contributed by atoms with E-state index in [0.717, 1.165) is 23.4 Å². The molecule has 0 aromatic heterocycles. The molecule has 2 rings (SSSR count). The van der Waals surface area contributed by atoms with Crippen LogP contribution in [0.15, 0.2) is 24.3 Å². The van der Waals surface area contributed by atoms with Crippen LogP contribution in [-0.4, -0.2) is 51.0 Å². The summed E-state index contributed by atoms with van der Waals surface area (Å²) in [7, 11) is -3.62. The zero-order valence-corrected chi connectivity index (χ0v) is 15.5. The third-order valence-corrected chi connectivity index (χ3v) is 5.34. The van der Waals surface area contributed by atoms with Gasteiger partial charge in [0.15, 0.2) is 0 Å². The first kappa shape index (κ1) is 19.5. The monoisotopic (exact) mass is 370 g/mol. The lowest BCUT2D eigenvalue weighted by Gasteiger charge is -2.29. The van der Waals surface area contributed by atoms with Gasteiger partial charge in [0.2, 0.25) is 15.9 Å². The molecule has 1 aromatic rings. The largest absolute Gasteiger partial charge is 0.494 e. The van der Waals surface area contributed by atoms with Gasteiger partial charge in [-0.1, -0.05) is 12.8 Å². The molecule has 2 N–H and O–H groups in total. The third kappa shape index (κ3) is 5.61. The average molecular weight is 370 g/mol. The number of nitrogens with zero attached hydrogens (tertiary/aromatic N) is 1. The zero-order chi connectivity index (χ0) is 18.4. The Labute approximate surface area is 149 Å². The lowest BCUT2D eigenvalue weighted by molar-refractivity contribution is -0.121. The fourth-order valence-corrected chi connectivity index (χ4v) is 3.79. The van der Waals surface area contributed by atoms with Crippen molar-refractivity contribution in [1.82, 2.24) is 5.32 Å². The van der Waals surface area contributed by atoms with Crippen molar-refractivity contribution in [2.24, 2.45) is 0 Å². The SMILES string of the molecule is CCOc1ccc(N(CC(=O)NC2CCCCC2O)S(C)(=O)=O)cc1. The Kier molecular flexibility index (Phi) is 6.66. The van der Waals surface area contributed by atoms with Crippen LogP contribution in [0, 0.1) is 0 Å². The summed E-state index contributed by atoms with van der Waals surface area (Å²) in [5.41, 5.74) is 0.394. The van der Waals surface area contributed by atoms with Crippen molar-refractivity contribution in [2.45, 2.75) is 44.8 Å². The van der Waals surface area contributed by atoms with E-state index in [1.54, 1.807) is 24.3 Å².